The van der Waals surface area contributed by atoms with Gasteiger partial charge in [-0.3, -0.25) is 0 Å². The van der Waals surface area contributed by atoms with Crippen LogP contribution in [0.15, 0.2) is 23.3 Å². The number of ether oxygens (including phenoxy) is 1. The van der Waals surface area contributed by atoms with Crippen LogP contribution in [0.1, 0.15) is 39.2 Å². The molecule has 1 saturated heterocycles. The van der Waals surface area contributed by atoms with Crippen molar-refractivity contribution in [1.82, 2.24) is 20.5 Å². The van der Waals surface area contributed by atoms with Gasteiger partial charge in [0.2, 0.25) is 5.88 Å². The molecular formula is C19H31F3IN5O. The number of hydrogen-bond acceptors (Lipinski definition) is 4. The van der Waals surface area contributed by atoms with E-state index in [-0.39, 0.29) is 37.1 Å². The third kappa shape index (κ3) is 8.53. The Bertz CT molecular complexity index is 635. The lowest BCUT2D eigenvalue weighted by Crippen LogP contribution is -2.50. The second-order valence-electron chi connectivity index (χ2n) is 7.01. The van der Waals surface area contributed by atoms with E-state index in [9.17, 15) is 13.2 Å². The van der Waals surface area contributed by atoms with Crippen molar-refractivity contribution in [2.24, 2.45) is 4.99 Å². The fourth-order valence-electron chi connectivity index (χ4n) is 3.09. The third-order valence-electron chi connectivity index (χ3n) is 4.62. The zero-order valence-electron chi connectivity index (χ0n) is 17.1. The maximum atomic E-state index is 13.0. The van der Waals surface area contributed by atoms with Crippen molar-refractivity contribution in [3.05, 3.63) is 23.9 Å². The van der Waals surface area contributed by atoms with Crippen LogP contribution in [-0.4, -0.2) is 60.7 Å². The number of nitrogens with one attached hydrogen (secondary N) is 2. The minimum absolute atomic E-state index is 0. The molecule has 29 heavy (non-hydrogen) atoms. The smallest absolute Gasteiger partial charge is 0.421 e. The highest BCUT2D eigenvalue weighted by Crippen LogP contribution is 2.34. The van der Waals surface area contributed by atoms with Crippen LogP contribution in [0.2, 0.25) is 0 Å². The molecule has 10 heteroatoms. The molecule has 2 N–H and O–H groups in total. The molecular weight excluding hydrogens is 498 g/mol. The van der Waals surface area contributed by atoms with Crippen LogP contribution in [-0.2, 0) is 6.18 Å². The fourth-order valence-corrected chi connectivity index (χ4v) is 3.09. The summed E-state index contributed by atoms with van der Waals surface area (Å²) >= 11 is 0. The summed E-state index contributed by atoms with van der Waals surface area (Å²) in [6.45, 7) is 9.40. The molecule has 0 atom stereocenters. The van der Waals surface area contributed by atoms with Gasteiger partial charge in [-0.25, -0.2) is 9.98 Å². The molecule has 0 amide bonds. The number of likely N-dealkylation sites (tertiary alicyclic amines) is 1. The fraction of sp³-hybridized carbons (Fsp3) is 0.684. The summed E-state index contributed by atoms with van der Waals surface area (Å²) in [4.78, 5) is 10.5. The molecule has 1 fully saturated rings. The zero-order chi connectivity index (χ0) is 20.6. The SMILES string of the molecule is CCNC(=NCCOc1ncccc1C(F)(F)F)NC1CCN(C(C)C)CC1.I. The summed E-state index contributed by atoms with van der Waals surface area (Å²) < 4.78 is 44.1. The molecule has 0 aromatic carbocycles. The average molecular weight is 529 g/mol. The monoisotopic (exact) mass is 529 g/mol. The van der Waals surface area contributed by atoms with Crippen LogP contribution in [0.25, 0.3) is 0 Å². The summed E-state index contributed by atoms with van der Waals surface area (Å²) in [5, 5.41) is 6.58. The van der Waals surface area contributed by atoms with Gasteiger partial charge in [-0.2, -0.15) is 13.2 Å². The second kappa shape index (κ2) is 12.4. The highest BCUT2D eigenvalue weighted by atomic mass is 127. The molecule has 1 aromatic rings. The number of rotatable bonds is 7. The first-order chi connectivity index (χ1) is 13.3. The number of pyridine rings is 1. The lowest BCUT2D eigenvalue weighted by Gasteiger charge is -2.35. The van der Waals surface area contributed by atoms with Crippen molar-refractivity contribution in [2.45, 2.75) is 51.9 Å². The third-order valence-corrected chi connectivity index (χ3v) is 4.62. The summed E-state index contributed by atoms with van der Waals surface area (Å²) in [7, 11) is 0. The Balaban J connectivity index is 0.00000420. The van der Waals surface area contributed by atoms with Gasteiger partial charge in [0.25, 0.3) is 0 Å². The standard InChI is InChI=1S/C19H30F3N5O.HI/c1-4-23-18(26-15-7-11-27(12-8-15)14(2)3)25-10-13-28-17-16(19(20,21)22)6-5-9-24-17;/h5-6,9,14-15H,4,7-8,10-13H2,1-3H3,(H2,23,25,26);1H. The molecule has 0 aliphatic carbocycles. The summed E-state index contributed by atoms with van der Waals surface area (Å²) in [5.74, 6) is 0.246. The van der Waals surface area contributed by atoms with Crippen molar-refractivity contribution in [2.75, 3.05) is 32.8 Å². The first kappa shape index (κ1) is 25.7. The van der Waals surface area contributed by atoms with Gasteiger partial charge in [-0.05, 0) is 45.7 Å². The molecule has 6 nitrogen and oxygen atoms in total. The van der Waals surface area contributed by atoms with Crippen molar-refractivity contribution in [1.29, 1.82) is 0 Å². The van der Waals surface area contributed by atoms with Crippen molar-refractivity contribution in [3.8, 4) is 5.88 Å². The largest absolute Gasteiger partial charge is 0.475 e. The topological polar surface area (TPSA) is 61.8 Å². The number of aliphatic imine (C=N–C) groups is 1. The second-order valence-corrected chi connectivity index (χ2v) is 7.01. The number of nitrogens with zero attached hydrogens (tertiary/aromatic N) is 3. The molecule has 2 heterocycles. The van der Waals surface area contributed by atoms with Gasteiger partial charge in [-0.15, -0.1) is 24.0 Å². The first-order valence-electron chi connectivity index (χ1n) is 9.75. The van der Waals surface area contributed by atoms with E-state index in [1.54, 1.807) is 0 Å². The van der Waals surface area contributed by atoms with Gasteiger partial charge < -0.3 is 20.3 Å². The first-order valence-corrected chi connectivity index (χ1v) is 9.75. The van der Waals surface area contributed by atoms with E-state index in [1.165, 1.54) is 12.3 Å². The van der Waals surface area contributed by atoms with Crippen LogP contribution in [0.5, 0.6) is 5.88 Å². The molecule has 0 unspecified atom stereocenters. The lowest BCUT2D eigenvalue weighted by atomic mass is 10.0. The summed E-state index contributed by atoms with van der Waals surface area (Å²) in [6, 6.07) is 3.08. The Labute approximate surface area is 187 Å². The van der Waals surface area contributed by atoms with Crippen LogP contribution in [0.4, 0.5) is 13.2 Å². The number of piperidine rings is 1. The van der Waals surface area contributed by atoms with Crippen LogP contribution in [0.3, 0.4) is 0 Å². The van der Waals surface area contributed by atoms with Crippen LogP contribution >= 0.6 is 24.0 Å². The normalized spacial score (nSPS) is 16.4. The van der Waals surface area contributed by atoms with Gasteiger partial charge in [0.15, 0.2) is 5.96 Å². The van der Waals surface area contributed by atoms with Gasteiger partial charge in [0, 0.05) is 37.9 Å². The van der Waals surface area contributed by atoms with Crippen LogP contribution in [0, 0.1) is 0 Å². The predicted octanol–water partition coefficient (Wildman–Crippen LogP) is 3.53. The maximum Gasteiger partial charge on any atom is 0.421 e. The van der Waals surface area contributed by atoms with E-state index in [0.717, 1.165) is 32.0 Å². The van der Waals surface area contributed by atoms with Crippen LogP contribution < -0.4 is 15.4 Å². The average Bonchev–Trinajstić information content (AvgIpc) is 2.65. The predicted molar refractivity (Wildman–Crippen MR) is 119 cm³/mol. The van der Waals surface area contributed by atoms with E-state index in [4.69, 9.17) is 4.74 Å². The summed E-state index contributed by atoms with van der Waals surface area (Å²) in [5.41, 5.74) is -0.874. The maximum absolute atomic E-state index is 13.0. The molecule has 0 bridgehead atoms. The Morgan fingerprint density at radius 3 is 2.62 bits per heavy atom. The molecule has 0 spiro atoms. The molecule has 1 aliphatic heterocycles. The van der Waals surface area contributed by atoms with Gasteiger partial charge in [0.05, 0.1) is 6.54 Å². The Morgan fingerprint density at radius 1 is 1.34 bits per heavy atom. The van der Waals surface area contributed by atoms with Gasteiger partial charge in [-0.1, -0.05) is 0 Å². The minimum atomic E-state index is -4.49. The number of hydrogen-bond donors (Lipinski definition) is 2. The van der Waals surface area contributed by atoms with Crippen molar-refractivity contribution < 1.29 is 17.9 Å². The molecule has 1 aliphatic rings. The Hall–Kier alpha value is -1.30. The van der Waals surface area contributed by atoms with E-state index >= 15 is 0 Å². The Kier molecular flexibility index (Phi) is 11.0. The molecule has 0 saturated carbocycles. The van der Waals surface area contributed by atoms with Crippen molar-refractivity contribution in [3.63, 3.8) is 0 Å². The highest BCUT2D eigenvalue weighted by molar-refractivity contribution is 14.0. The summed E-state index contributed by atoms with van der Waals surface area (Å²) in [6.07, 6.45) is -1.15. The molecule has 2 rings (SSSR count). The number of halogens is 4. The van der Waals surface area contributed by atoms with E-state index in [0.29, 0.717) is 24.6 Å². The number of aromatic nitrogens is 1. The Morgan fingerprint density at radius 2 is 2.03 bits per heavy atom. The van der Waals surface area contributed by atoms with Gasteiger partial charge in [0.1, 0.15) is 12.2 Å². The van der Waals surface area contributed by atoms with Gasteiger partial charge >= 0.3 is 6.18 Å². The molecule has 1 aromatic heterocycles. The lowest BCUT2D eigenvalue weighted by molar-refractivity contribution is -0.139. The number of guanidine groups is 1. The van der Waals surface area contributed by atoms with E-state index in [2.05, 4.69) is 39.4 Å². The van der Waals surface area contributed by atoms with Crippen molar-refractivity contribution >= 4 is 29.9 Å². The zero-order valence-corrected chi connectivity index (χ0v) is 19.5. The quantitative estimate of drug-likeness (QED) is 0.245. The highest BCUT2D eigenvalue weighted by Gasteiger charge is 2.35. The number of alkyl halides is 3. The van der Waals surface area contributed by atoms with E-state index in [1.807, 2.05) is 6.92 Å². The minimum Gasteiger partial charge on any atom is -0.475 e. The molecule has 0 radical (unpaired) electrons. The molecule has 166 valence electrons. The van der Waals surface area contributed by atoms with E-state index < -0.39 is 17.6 Å².